The molecule has 0 saturated heterocycles. The summed E-state index contributed by atoms with van der Waals surface area (Å²) < 4.78 is 10.9. The lowest BCUT2D eigenvalue weighted by molar-refractivity contribution is 0.686. The van der Waals surface area contributed by atoms with E-state index in [0.29, 0.717) is 5.75 Å². The molecule has 12 heavy (non-hydrogen) atoms. The van der Waals surface area contributed by atoms with E-state index < -0.39 is 10.8 Å². The van der Waals surface area contributed by atoms with Crippen LogP contribution in [0.1, 0.15) is 11.1 Å². The minimum Gasteiger partial charge on any atom is -0.399 e. The largest absolute Gasteiger partial charge is 0.399 e. The molecule has 0 spiro atoms. The number of benzene rings is 1. The average molecular weight is 183 g/mol. The highest BCUT2D eigenvalue weighted by Gasteiger charge is 2.01. The van der Waals surface area contributed by atoms with Crippen LogP contribution in [0.2, 0.25) is 0 Å². The molecule has 3 heteroatoms. The molecule has 1 aromatic rings. The molecule has 1 aromatic carbocycles. The fourth-order valence-electron chi connectivity index (χ4n) is 1.08. The summed E-state index contributed by atoms with van der Waals surface area (Å²) in [6.07, 6.45) is 1.70. The molecule has 2 N–H and O–H groups in total. The zero-order valence-corrected chi connectivity index (χ0v) is 8.15. The molecule has 0 saturated carbocycles. The van der Waals surface area contributed by atoms with E-state index in [1.54, 1.807) is 6.26 Å². The summed E-state index contributed by atoms with van der Waals surface area (Å²) in [7, 11) is -0.791. The number of anilines is 1. The van der Waals surface area contributed by atoms with Crippen LogP contribution in [0.15, 0.2) is 18.2 Å². The normalized spacial score (nSPS) is 12.8. The van der Waals surface area contributed by atoms with E-state index in [1.165, 1.54) is 0 Å². The highest BCUT2D eigenvalue weighted by Crippen LogP contribution is 2.16. The third-order valence-corrected chi connectivity index (χ3v) is 2.56. The number of hydrogen-bond donors (Lipinski definition) is 1. The first-order valence-corrected chi connectivity index (χ1v) is 5.48. The van der Waals surface area contributed by atoms with Gasteiger partial charge < -0.3 is 5.73 Å². The highest BCUT2D eigenvalue weighted by atomic mass is 32.2. The Kier molecular flexibility index (Phi) is 2.87. The van der Waals surface area contributed by atoms with Gasteiger partial charge in [-0.3, -0.25) is 4.21 Å². The van der Waals surface area contributed by atoms with Gasteiger partial charge in [0.2, 0.25) is 0 Å². The summed E-state index contributed by atoms with van der Waals surface area (Å²) >= 11 is 0. The summed E-state index contributed by atoms with van der Waals surface area (Å²) in [4.78, 5) is 0. The van der Waals surface area contributed by atoms with Crippen LogP contribution in [0.3, 0.4) is 0 Å². The van der Waals surface area contributed by atoms with Gasteiger partial charge in [0.15, 0.2) is 0 Å². The molecule has 0 radical (unpaired) electrons. The molecule has 1 atom stereocenters. The Hall–Kier alpha value is -0.830. The number of nitrogen functional groups attached to an aromatic ring is 1. The van der Waals surface area contributed by atoms with E-state index in [-0.39, 0.29) is 0 Å². The molecule has 1 rings (SSSR count). The number of rotatable bonds is 2. The van der Waals surface area contributed by atoms with Crippen LogP contribution in [-0.2, 0) is 16.6 Å². The molecule has 2 nitrogen and oxygen atoms in total. The van der Waals surface area contributed by atoms with Crippen LogP contribution in [0.4, 0.5) is 5.69 Å². The van der Waals surface area contributed by atoms with E-state index >= 15 is 0 Å². The van der Waals surface area contributed by atoms with Crippen LogP contribution in [-0.4, -0.2) is 10.5 Å². The van der Waals surface area contributed by atoms with Gasteiger partial charge in [-0.1, -0.05) is 12.1 Å². The fourth-order valence-corrected chi connectivity index (χ4v) is 1.83. The quantitative estimate of drug-likeness (QED) is 0.705. The van der Waals surface area contributed by atoms with Crippen molar-refractivity contribution in [2.45, 2.75) is 12.7 Å². The molecule has 0 aliphatic heterocycles. The Morgan fingerprint density at radius 1 is 1.50 bits per heavy atom. The molecule has 0 heterocycles. The SMILES string of the molecule is Cc1c(N)cccc1C[S@@](C)=O. The lowest BCUT2D eigenvalue weighted by Gasteiger charge is -2.05. The fraction of sp³-hybridized carbons (Fsp3) is 0.333. The Morgan fingerprint density at radius 3 is 2.75 bits per heavy atom. The van der Waals surface area contributed by atoms with Crippen LogP contribution < -0.4 is 5.73 Å². The third kappa shape index (κ3) is 2.08. The summed E-state index contributed by atoms with van der Waals surface area (Å²) in [5.74, 6) is 0.594. The third-order valence-electron chi connectivity index (χ3n) is 1.85. The van der Waals surface area contributed by atoms with Crippen molar-refractivity contribution in [2.75, 3.05) is 12.0 Å². The van der Waals surface area contributed by atoms with E-state index in [1.807, 2.05) is 25.1 Å². The average Bonchev–Trinajstić information content (AvgIpc) is 1.98. The van der Waals surface area contributed by atoms with Crippen LogP contribution in [0.5, 0.6) is 0 Å². The second-order valence-electron chi connectivity index (χ2n) is 2.85. The van der Waals surface area contributed by atoms with Crippen LogP contribution >= 0.6 is 0 Å². The van der Waals surface area contributed by atoms with Crippen molar-refractivity contribution >= 4 is 16.5 Å². The van der Waals surface area contributed by atoms with Gasteiger partial charge in [0.25, 0.3) is 0 Å². The van der Waals surface area contributed by atoms with Gasteiger partial charge in [0.05, 0.1) is 0 Å². The first kappa shape index (κ1) is 9.26. The smallest absolute Gasteiger partial charge is 0.0486 e. The van der Waals surface area contributed by atoms with Crippen LogP contribution in [0, 0.1) is 6.92 Å². The Bertz CT molecular complexity index is 309. The minimum absolute atomic E-state index is 0.594. The zero-order chi connectivity index (χ0) is 9.14. The monoisotopic (exact) mass is 183 g/mol. The van der Waals surface area contributed by atoms with Crippen molar-refractivity contribution < 1.29 is 4.21 Å². The van der Waals surface area contributed by atoms with Gasteiger partial charge in [-0.2, -0.15) is 0 Å². The molecule has 0 fully saturated rings. The summed E-state index contributed by atoms with van der Waals surface area (Å²) in [6, 6.07) is 5.72. The van der Waals surface area contributed by atoms with Crippen molar-refractivity contribution in [3.05, 3.63) is 29.3 Å². The van der Waals surface area contributed by atoms with Gasteiger partial charge in [-0.05, 0) is 24.1 Å². The van der Waals surface area contributed by atoms with Gasteiger partial charge in [-0.25, -0.2) is 0 Å². The lowest BCUT2D eigenvalue weighted by Crippen LogP contribution is -1.98. The van der Waals surface area contributed by atoms with E-state index in [0.717, 1.165) is 16.8 Å². The molecular weight excluding hydrogens is 170 g/mol. The number of hydrogen-bond acceptors (Lipinski definition) is 2. The molecule has 66 valence electrons. The summed E-state index contributed by atoms with van der Waals surface area (Å²) in [6.45, 7) is 1.96. The summed E-state index contributed by atoms with van der Waals surface area (Å²) in [5, 5.41) is 0. The van der Waals surface area contributed by atoms with Gasteiger partial charge in [-0.15, -0.1) is 0 Å². The summed E-state index contributed by atoms with van der Waals surface area (Å²) in [5.41, 5.74) is 8.60. The molecule has 0 aliphatic carbocycles. The zero-order valence-electron chi connectivity index (χ0n) is 7.33. The predicted molar refractivity (Wildman–Crippen MR) is 53.4 cm³/mol. The van der Waals surface area contributed by atoms with Gasteiger partial charge in [0, 0.05) is 28.5 Å². The van der Waals surface area contributed by atoms with Gasteiger partial charge >= 0.3 is 0 Å². The maximum atomic E-state index is 10.9. The van der Waals surface area contributed by atoms with Gasteiger partial charge in [0.1, 0.15) is 0 Å². The number of nitrogens with two attached hydrogens (primary N) is 1. The first-order chi connectivity index (χ1) is 5.61. The predicted octanol–water partition coefficient (Wildman–Crippen LogP) is 1.46. The van der Waals surface area contributed by atoms with E-state index in [9.17, 15) is 4.21 Å². The molecule has 0 bridgehead atoms. The molecule has 0 amide bonds. The second kappa shape index (κ2) is 3.72. The molecule has 0 aromatic heterocycles. The van der Waals surface area contributed by atoms with Crippen molar-refractivity contribution in [1.82, 2.24) is 0 Å². The van der Waals surface area contributed by atoms with Crippen LogP contribution in [0.25, 0.3) is 0 Å². The topological polar surface area (TPSA) is 43.1 Å². The highest BCUT2D eigenvalue weighted by molar-refractivity contribution is 7.83. The maximum absolute atomic E-state index is 10.9. The Morgan fingerprint density at radius 2 is 2.17 bits per heavy atom. The Labute approximate surface area is 75.2 Å². The standard InChI is InChI=1S/C9H13NOS/c1-7-8(6-12(2)11)4-3-5-9(7)10/h3-5H,6,10H2,1-2H3/t12-/m1/s1. The molecule has 0 aliphatic rings. The molecule has 0 unspecified atom stereocenters. The molecular formula is C9H13NOS. The van der Waals surface area contributed by atoms with Crippen molar-refractivity contribution in [3.63, 3.8) is 0 Å². The second-order valence-corrected chi connectivity index (χ2v) is 4.28. The van der Waals surface area contributed by atoms with E-state index in [2.05, 4.69) is 0 Å². The minimum atomic E-state index is -0.791. The lowest BCUT2D eigenvalue weighted by atomic mass is 10.1. The van der Waals surface area contributed by atoms with E-state index in [4.69, 9.17) is 5.73 Å². The maximum Gasteiger partial charge on any atom is 0.0486 e. The van der Waals surface area contributed by atoms with Crippen molar-refractivity contribution in [3.8, 4) is 0 Å². The first-order valence-electron chi connectivity index (χ1n) is 3.75. The van der Waals surface area contributed by atoms with Crippen molar-refractivity contribution in [1.29, 1.82) is 0 Å². The van der Waals surface area contributed by atoms with Crippen molar-refractivity contribution in [2.24, 2.45) is 0 Å². The Balaban J connectivity index is 3.00.